The Morgan fingerprint density at radius 2 is 1.94 bits per heavy atom. The molecule has 0 unspecified atom stereocenters. The first-order chi connectivity index (χ1) is 7.20. The van der Waals surface area contributed by atoms with Gasteiger partial charge in [0.05, 0.1) is 6.04 Å². The summed E-state index contributed by atoms with van der Waals surface area (Å²) in [6.45, 7) is 7.34. The van der Waals surface area contributed by atoms with Crippen molar-refractivity contribution >= 4 is 11.7 Å². The van der Waals surface area contributed by atoms with E-state index in [1.807, 2.05) is 20.8 Å². The Bertz CT molecular complexity index is 308. The third-order valence-corrected chi connectivity index (χ3v) is 2.91. The van der Waals surface area contributed by atoms with E-state index in [-0.39, 0.29) is 25.5 Å². The van der Waals surface area contributed by atoms with Crippen molar-refractivity contribution in [1.82, 2.24) is 5.32 Å². The van der Waals surface area contributed by atoms with Gasteiger partial charge in [0.2, 0.25) is 0 Å². The second-order valence-electron chi connectivity index (χ2n) is 5.56. The Morgan fingerprint density at radius 1 is 1.44 bits per heavy atom. The molecule has 4 heteroatoms. The molecule has 1 fully saturated rings. The number of rotatable bonds is 4. The zero-order valence-corrected chi connectivity index (χ0v) is 10.4. The second kappa shape index (κ2) is 4.15. The molecule has 0 saturated heterocycles. The van der Waals surface area contributed by atoms with E-state index < -0.39 is 17.6 Å². The van der Waals surface area contributed by atoms with E-state index >= 15 is 0 Å². The lowest BCUT2D eigenvalue weighted by Crippen LogP contribution is -2.51. The van der Waals surface area contributed by atoms with E-state index in [4.69, 9.17) is 0 Å². The number of alkyl halides is 1. The van der Waals surface area contributed by atoms with Crippen LogP contribution in [0.15, 0.2) is 0 Å². The summed E-state index contributed by atoms with van der Waals surface area (Å²) in [6, 6.07) is -0.599. The lowest BCUT2D eigenvalue weighted by atomic mass is 9.83. The molecule has 0 spiro atoms. The number of hydrogen-bond acceptors (Lipinski definition) is 2. The molecule has 1 rings (SSSR count). The Hall–Kier alpha value is -0.930. The molecule has 0 aliphatic heterocycles. The molecular weight excluding hydrogens is 209 g/mol. The van der Waals surface area contributed by atoms with Crippen LogP contribution in [0.3, 0.4) is 0 Å². The van der Waals surface area contributed by atoms with Gasteiger partial charge in [-0.25, -0.2) is 4.39 Å². The van der Waals surface area contributed by atoms with Crippen molar-refractivity contribution in [3.63, 3.8) is 0 Å². The van der Waals surface area contributed by atoms with Gasteiger partial charge in [0.1, 0.15) is 0 Å². The molecule has 1 atom stereocenters. The molecule has 94 valence electrons. The molecule has 0 aromatic carbocycles. The average Bonchev–Trinajstić information content (AvgIpc) is 2.91. The van der Waals surface area contributed by atoms with Crippen molar-refractivity contribution in [3.8, 4) is 0 Å². The minimum Gasteiger partial charge on any atom is -0.343 e. The molecule has 0 heterocycles. The maximum Gasteiger partial charge on any atom is 0.258 e. The van der Waals surface area contributed by atoms with E-state index in [0.717, 1.165) is 0 Å². The number of amides is 1. The quantitative estimate of drug-likeness (QED) is 0.806. The molecule has 0 aromatic heterocycles. The van der Waals surface area contributed by atoms with Gasteiger partial charge in [-0.05, 0) is 18.3 Å². The molecule has 1 saturated carbocycles. The third-order valence-electron chi connectivity index (χ3n) is 2.91. The predicted octanol–water partition coefficient (Wildman–Crippen LogP) is 2.24. The van der Waals surface area contributed by atoms with Gasteiger partial charge >= 0.3 is 0 Å². The first kappa shape index (κ1) is 13.1. The molecule has 1 aliphatic rings. The number of hydrogen-bond donors (Lipinski definition) is 1. The van der Waals surface area contributed by atoms with Crippen molar-refractivity contribution in [2.75, 3.05) is 0 Å². The number of carbonyl (C=O) groups excluding carboxylic acids is 2. The van der Waals surface area contributed by atoms with Crippen molar-refractivity contribution < 1.29 is 15.4 Å². The fourth-order valence-corrected chi connectivity index (χ4v) is 1.58. The molecule has 1 N–H and O–H groups in total. The lowest BCUT2D eigenvalue weighted by Gasteiger charge is -2.30. The lowest BCUT2D eigenvalue weighted by molar-refractivity contribution is -0.133. The summed E-state index contributed by atoms with van der Waals surface area (Å²) < 4.78 is 13.5. The molecule has 0 bridgehead atoms. The fourth-order valence-electron chi connectivity index (χ4n) is 1.58. The Balaban J connectivity index is 0.00000256. The van der Waals surface area contributed by atoms with Crippen LogP contribution in [-0.2, 0) is 9.59 Å². The maximum absolute atomic E-state index is 13.5. The van der Waals surface area contributed by atoms with Crippen molar-refractivity contribution in [2.45, 2.75) is 58.7 Å². The first-order valence-corrected chi connectivity index (χ1v) is 5.73. The minimum absolute atomic E-state index is 0. The van der Waals surface area contributed by atoms with Crippen LogP contribution in [0.2, 0.25) is 0 Å². The Labute approximate surface area is 97.3 Å². The second-order valence-corrected chi connectivity index (χ2v) is 5.56. The summed E-state index contributed by atoms with van der Waals surface area (Å²) in [5.41, 5.74) is -2.09. The van der Waals surface area contributed by atoms with E-state index in [2.05, 4.69) is 5.32 Å². The van der Waals surface area contributed by atoms with Crippen LogP contribution < -0.4 is 5.32 Å². The monoisotopic (exact) mass is 231 g/mol. The number of Topliss-reactive ketones (excluding diaryl/α,β-unsaturated/α-hetero) is 1. The van der Waals surface area contributed by atoms with Gasteiger partial charge in [-0.2, -0.15) is 0 Å². The van der Waals surface area contributed by atoms with Crippen LogP contribution in [0.5, 0.6) is 0 Å². The number of halogens is 1. The molecule has 1 aliphatic carbocycles. The Morgan fingerprint density at radius 3 is 2.25 bits per heavy atom. The standard InChI is InChI=1S/C12H20FNO2.H2/c1-5-8(15)9(11(2,3)4)14-10(16)12(13)6-7-12;/h9H,5-7H2,1-4H3,(H,14,16);1H/t9-;/m1./s1. The molecule has 0 aromatic rings. The largest absolute Gasteiger partial charge is 0.343 e. The highest BCUT2D eigenvalue weighted by Gasteiger charge is 2.52. The first-order valence-electron chi connectivity index (χ1n) is 5.73. The van der Waals surface area contributed by atoms with Crippen LogP contribution >= 0.6 is 0 Å². The third kappa shape index (κ3) is 2.80. The highest BCUT2D eigenvalue weighted by Crippen LogP contribution is 2.40. The minimum atomic E-state index is -1.71. The summed E-state index contributed by atoms with van der Waals surface area (Å²) in [6.07, 6.45) is 0.896. The predicted molar refractivity (Wildman–Crippen MR) is 61.9 cm³/mol. The van der Waals surface area contributed by atoms with Crippen LogP contribution in [0.1, 0.15) is 48.4 Å². The normalized spacial score (nSPS) is 20.1. The smallest absolute Gasteiger partial charge is 0.258 e. The van der Waals surface area contributed by atoms with Gasteiger partial charge in [0, 0.05) is 7.85 Å². The zero-order valence-electron chi connectivity index (χ0n) is 10.4. The van der Waals surface area contributed by atoms with Crippen molar-refractivity contribution in [1.29, 1.82) is 0 Å². The molecular formula is C12H22FNO2. The van der Waals surface area contributed by atoms with Crippen LogP contribution in [0, 0.1) is 5.41 Å². The van der Waals surface area contributed by atoms with Gasteiger partial charge in [0.25, 0.3) is 5.91 Å². The number of carbonyl (C=O) groups is 2. The average molecular weight is 231 g/mol. The molecule has 1 amide bonds. The SMILES string of the molecule is CCC(=O)[C@@H](NC(=O)C1(F)CC1)C(C)(C)C.[HH]. The van der Waals surface area contributed by atoms with E-state index in [9.17, 15) is 14.0 Å². The topological polar surface area (TPSA) is 46.2 Å². The van der Waals surface area contributed by atoms with E-state index in [1.165, 1.54) is 0 Å². The molecule has 16 heavy (non-hydrogen) atoms. The summed E-state index contributed by atoms with van der Waals surface area (Å²) in [4.78, 5) is 23.3. The van der Waals surface area contributed by atoms with Crippen LogP contribution in [0.25, 0.3) is 0 Å². The molecule has 0 radical (unpaired) electrons. The van der Waals surface area contributed by atoms with Gasteiger partial charge < -0.3 is 5.32 Å². The summed E-state index contributed by atoms with van der Waals surface area (Å²) in [7, 11) is 0. The molecule has 3 nitrogen and oxygen atoms in total. The summed E-state index contributed by atoms with van der Waals surface area (Å²) >= 11 is 0. The van der Waals surface area contributed by atoms with Gasteiger partial charge in [0.15, 0.2) is 11.5 Å². The Kier molecular flexibility index (Phi) is 3.41. The maximum atomic E-state index is 13.5. The highest BCUT2D eigenvalue weighted by atomic mass is 19.1. The fraction of sp³-hybridized carbons (Fsp3) is 0.833. The zero-order chi connectivity index (χ0) is 12.6. The van der Waals surface area contributed by atoms with Crippen molar-refractivity contribution in [3.05, 3.63) is 0 Å². The van der Waals surface area contributed by atoms with Crippen LogP contribution in [-0.4, -0.2) is 23.4 Å². The van der Waals surface area contributed by atoms with Gasteiger partial charge in [-0.15, -0.1) is 0 Å². The highest BCUT2D eigenvalue weighted by molar-refractivity contribution is 5.94. The van der Waals surface area contributed by atoms with Gasteiger partial charge in [-0.3, -0.25) is 9.59 Å². The number of nitrogens with one attached hydrogen (secondary N) is 1. The van der Waals surface area contributed by atoms with Crippen LogP contribution in [0.4, 0.5) is 4.39 Å². The summed E-state index contributed by atoms with van der Waals surface area (Å²) in [5, 5.41) is 2.55. The van der Waals surface area contributed by atoms with E-state index in [0.29, 0.717) is 6.42 Å². The summed E-state index contributed by atoms with van der Waals surface area (Å²) in [5.74, 6) is -0.681. The van der Waals surface area contributed by atoms with E-state index in [1.54, 1.807) is 6.92 Å². The van der Waals surface area contributed by atoms with Gasteiger partial charge in [-0.1, -0.05) is 27.7 Å². The van der Waals surface area contributed by atoms with Crippen molar-refractivity contribution in [2.24, 2.45) is 5.41 Å². The number of ketones is 1.